The van der Waals surface area contributed by atoms with Crippen molar-refractivity contribution in [3.05, 3.63) is 38.6 Å². The Kier molecular flexibility index (Phi) is 6.95. The number of aryl methyl sites for hydroxylation is 1. The Bertz CT molecular complexity index is 542. The normalized spacial score (nSPS) is 19.7. The molecule has 122 valence electrons. The quantitative estimate of drug-likeness (QED) is 0.510. The van der Waals surface area contributed by atoms with Gasteiger partial charge in [-0.15, -0.1) is 11.3 Å². The fourth-order valence-electron chi connectivity index (χ4n) is 3.64. The van der Waals surface area contributed by atoms with E-state index in [1.165, 1.54) is 63.4 Å². The van der Waals surface area contributed by atoms with Gasteiger partial charge in [-0.1, -0.05) is 33.3 Å². The molecule has 1 saturated carbocycles. The van der Waals surface area contributed by atoms with Gasteiger partial charge in [0.1, 0.15) is 0 Å². The predicted octanol–water partition coefficient (Wildman–Crippen LogP) is 7.47. The molecule has 1 heteroatoms. The molecule has 1 fully saturated rings. The third-order valence-electron chi connectivity index (χ3n) is 4.84. The molecule has 0 unspecified atom stereocenters. The summed E-state index contributed by atoms with van der Waals surface area (Å²) < 4.78 is 0. The lowest BCUT2D eigenvalue weighted by molar-refractivity contribution is 0.676. The maximum Gasteiger partial charge on any atom is 0.0339 e. The molecule has 22 heavy (non-hydrogen) atoms. The largest absolute Gasteiger partial charge is 0.144 e. The fourth-order valence-corrected chi connectivity index (χ4v) is 4.89. The minimum Gasteiger partial charge on any atom is -0.144 e. The topological polar surface area (TPSA) is 0 Å². The number of rotatable bonds is 6. The molecule has 0 radical (unpaired) electrons. The Morgan fingerprint density at radius 2 is 1.95 bits per heavy atom. The lowest BCUT2D eigenvalue weighted by Crippen LogP contribution is -2.03. The molecule has 0 aromatic carbocycles. The Morgan fingerprint density at radius 3 is 2.64 bits per heavy atom. The van der Waals surface area contributed by atoms with Crippen molar-refractivity contribution in [1.29, 1.82) is 0 Å². The Balaban J connectivity index is 2.46. The van der Waals surface area contributed by atoms with Crippen LogP contribution in [0.5, 0.6) is 0 Å². The molecule has 0 spiro atoms. The second kappa shape index (κ2) is 8.72. The van der Waals surface area contributed by atoms with Crippen LogP contribution in [0.3, 0.4) is 0 Å². The highest BCUT2D eigenvalue weighted by Gasteiger charge is 2.19. The summed E-state index contributed by atoms with van der Waals surface area (Å²) >= 11 is 1.99. The Labute approximate surface area is 141 Å². The summed E-state index contributed by atoms with van der Waals surface area (Å²) in [4.78, 5) is 1.60. The van der Waals surface area contributed by atoms with E-state index in [0.717, 1.165) is 0 Å². The lowest BCUT2D eigenvalue weighted by Gasteiger charge is -2.23. The van der Waals surface area contributed by atoms with E-state index in [4.69, 9.17) is 0 Å². The maximum absolute atomic E-state index is 2.48. The predicted molar refractivity (Wildman–Crippen MR) is 102 cm³/mol. The zero-order chi connectivity index (χ0) is 15.9. The van der Waals surface area contributed by atoms with Crippen molar-refractivity contribution in [3.8, 4) is 0 Å². The molecule has 1 aromatic heterocycles. The van der Waals surface area contributed by atoms with Crippen LogP contribution in [0, 0.1) is 6.92 Å². The first-order chi connectivity index (χ1) is 10.7. The number of hydrogen-bond acceptors (Lipinski definition) is 1. The molecule has 1 aliphatic rings. The Hall–Kier alpha value is -0.820. The molecule has 1 aromatic rings. The van der Waals surface area contributed by atoms with Crippen LogP contribution >= 0.6 is 11.3 Å². The van der Waals surface area contributed by atoms with Gasteiger partial charge < -0.3 is 0 Å². The summed E-state index contributed by atoms with van der Waals surface area (Å²) in [6.45, 7) is 9.21. The molecule has 0 atom stereocenters. The summed E-state index contributed by atoms with van der Waals surface area (Å²) in [6, 6.07) is 0. The van der Waals surface area contributed by atoms with Gasteiger partial charge in [0.15, 0.2) is 0 Å². The molecule has 1 aliphatic carbocycles. The SMILES string of the molecule is CC/C=C1/CCCC/C1=C(/CC)c1scc(C)c1CCCC. The average molecular weight is 317 g/mol. The monoisotopic (exact) mass is 316 g/mol. The molecular weight excluding hydrogens is 284 g/mol. The number of thiophene rings is 1. The first-order valence-corrected chi connectivity index (χ1v) is 10.1. The van der Waals surface area contributed by atoms with Crippen molar-refractivity contribution in [2.75, 3.05) is 0 Å². The number of hydrogen-bond donors (Lipinski definition) is 0. The van der Waals surface area contributed by atoms with Crippen LogP contribution < -0.4 is 0 Å². The van der Waals surface area contributed by atoms with Gasteiger partial charge in [-0.25, -0.2) is 0 Å². The molecule has 0 amide bonds. The van der Waals surface area contributed by atoms with Crippen molar-refractivity contribution in [3.63, 3.8) is 0 Å². The van der Waals surface area contributed by atoms with E-state index in [1.54, 1.807) is 27.2 Å². The number of unbranched alkanes of at least 4 members (excludes halogenated alkanes) is 1. The highest BCUT2D eigenvalue weighted by atomic mass is 32.1. The van der Waals surface area contributed by atoms with Gasteiger partial charge in [0.05, 0.1) is 0 Å². The third-order valence-corrected chi connectivity index (χ3v) is 6.04. The smallest absolute Gasteiger partial charge is 0.0339 e. The van der Waals surface area contributed by atoms with Gasteiger partial charge in [0, 0.05) is 4.88 Å². The first-order valence-electron chi connectivity index (χ1n) is 9.21. The summed E-state index contributed by atoms with van der Waals surface area (Å²) in [6.07, 6.45) is 14.0. The zero-order valence-electron chi connectivity index (χ0n) is 14.9. The van der Waals surface area contributed by atoms with Crippen LogP contribution in [-0.2, 0) is 6.42 Å². The van der Waals surface area contributed by atoms with Gasteiger partial charge in [-0.2, -0.15) is 0 Å². The Morgan fingerprint density at radius 1 is 1.18 bits per heavy atom. The van der Waals surface area contributed by atoms with Crippen molar-refractivity contribution < 1.29 is 0 Å². The summed E-state index contributed by atoms with van der Waals surface area (Å²) in [5.41, 5.74) is 8.14. The molecule has 1 heterocycles. The van der Waals surface area contributed by atoms with Crippen LogP contribution in [-0.4, -0.2) is 0 Å². The highest BCUT2D eigenvalue weighted by Crippen LogP contribution is 2.40. The van der Waals surface area contributed by atoms with Crippen molar-refractivity contribution in [2.45, 2.75) is 85.5 Å². The fraction of sp³-hybridized carbons (Fsp3) is 0.619. The van der Waals surface area contributed by atoms with Gasteiger partial charge in [0.2, 0.25) is 0 Å². The van der Waals surface area contributed by atoms with E-state index in [-0.39, 0.29) is 0 Å². The average Bonchev–Trinajstić information content (AvgIpc) is 2.89. The first kappa shape index (κ1) is 17.5. The second-order valence-corrected chi connectivity index (χ2v) is 7.36. The van der Waals surface area contributed by atoms with Crippen molar-refractivity contribution in [2.24, 2.45) is 0 Å². The van der Waals surface area contributed by atoms with Crippen LogP contribution in [0.2, 0.25) is 0 Å². The third kappa shape index (κ3) is 3.93. The van der Waals surface area contributed by atoms with Crippen LogP contribution in [0.25, 0.3) is 5.57 Å². The minimum absolute atomic E-state index is 1.17. The van der Waals surface area contributed by atoms with E-state index < -0.39 is 0 Å². The van der Waals surface area contributed by atoms with Gasteiger partial charge in [0.25, 0.3) is 0 Å². The summed E-state index contributed by atoms with van der Waals surface area (Å²) in [7, 11) is 0. The number of allylic oxidation sites excluding steroid dienone is 4. The van der Waals surface area contributed by atoms with E-state index in [2.05, 4.69) is 39.2 Å². The summed E-state index contributed by atoms with van der Waals surface area (Å²) in [5.74, 6) is 0. The molecule has 0 saturated heterocycles. The van der Waals surface area contributed by atoms with Crippen LogP contribution in [0.1, 0.15) is 88.1 Å². The molecule has 0 nitrogen and oxygen atoms in total. The molecule has 0 N–H and O–H groups in total. The van der Waals surface area contributed by atoms with E-state index in [0.29, 0.717) is 0 Å². The minimum atomic E-state index is 1.17. The van der Waals surface area contributed by atoms with E-state index in [1.807, 2.05) is 11.3 Å². The van der Waals surface area contributed by atoms with Crippen molar-refractivity contribution in [1.82, 2.24) is 0 Å². The molecule has 0 aliphatic heterocycles. The van der Waals surface area contributed by atoms with E-state index >= 15 is 0 Å². The summed E-state index contributed by atoms with van der Waals surface area (Å²) in [5, 5.41) is 2.38. The van der Waals surface area contributed by atoms with Crippen molar-refractivity contribution >= 4 is 16.9 Å². The standard InChI is InChI=1S/C21H32S/c1-5-8-13-19-16(4)15-22-21(19)18(7-3)20-14-10-9-12-17(20)11-6-2/h11,15H,5-10,12-14H2,1-4H3/b17-11-,20-18+. The van der Waals surface area contributed by atoms with Gasteiger partial charge in [-0.05, 0) is 91.5 Å². The second-order valence-electron chi connectivity index (χ2n) is 6.49. The highest BCUT2D eigenvalue weighted by molar-refractivity contribution is 7.11. The van der Waals surface area contributed by atoms with Gasteiger partial charge in [-0.3, -0.25) is 0 Å². The van der Waals surface area contributed by atoms with E-state index in [9.17, 15) is 0 Å². The molecule has 2 rings (SSSR count). The van der Waals surface area contributed by atoms with Gasteiger partial charge >= 0.3 is 0 Å². The van der Waals surface area contributed by atoms with Crippen LogP contribution in [0.15, 0.2) is 22.6 Å². The van der Waals surface area contributed by atoms with Crippen LogP contribution in [0.4, 0.5) is 0 Å². The lowest BCUT2D eigenvalue weighted by atomic mass is 9.83. The maximum atomic E-state index is 2.48. The molecule has 0 bridgehead atoms. The zero-order valence-corrected chi connectivity index (χ0v) is 15.7. The molecular formula is C21H32S.